The molecular weight excluding hydrogens is 159 g/mol. The summed E-state index contributed by atoms with van der Waals surface area (Å²) in [5.74, 6) is 0. The van der Waals surface area contributed by atoms with Crippen LogP contribution < -0.4 is 0 Å². The van der Waals surface area contributed by atoms with Crippen LogP contribution in [0.2, 0.25) is 0 Å². The Hall–Kier alpha value is -0.740. The molecule has 1 saturated carbocycles. The number of halogens is 3. The molecule has 2 nitrogen and oxygen atoms in total. The molecule has 0 N–H and O–H groups in total. The van der Waals surface area contributed by atoms with Gasteiger partial charge in [0, 0.05) is 7.05 Å². The topological polar surface area (TPSA) is 20.3 Å². The van der Waals surface area contributed by atoms with Crippen molar-refractivity contribution in [3.8, 4) is 0 Å². The Balaban J connectivity index is 2.75. The van der Waals surface area contributed by atoms with Gasteiger partial charge < -0.3 is 4.90 Å². The lowest BCUT2D eigenvalue weighted by molar-refractivity contribution is -0.192. The summed E-state index contributed by atoms with van der Waals surface area (Å²) in [4.78, 5) is 10.8. The van der Waals surface area contributed by atoms with E-state index in [0.717, 1.165) is 7.05 Å². The van der Waals surface area contributed by atoms with E-state index < -0.39 is 11.7 Å². The third-order valence-electron chi connectivity index (χ3n) is 2.08. The van der Waals surface area contributed by atoms with Gasteiger partial charge in [0.25, 0.3) is 0 Å². The molecule has 11 heavy (non-hydrogen) atoms. The number of nitrogens with zero attached hydrogens (tertiary/aromatic N) is 1. The molecule has 1 fully saturated rings. The fourth-order valence-electron chi connectivity index (χ4n) is 1.06. The summed E-state index contributed by atoms with van der Waals surface area (Å²) in [5.41, 5.74) is -1.84. The number of rotatable bonds is 2. The number of hydrogen-bond acceptors (Lipinski definition) is 1. The number of carbonyl (C=O) groups is 1. The largest absolute Gasteiger partial charge is 0.411 e. The first-order valence-corrected chi connectivity index (χ1v) is 3.19. The summed E-state index contributed by atoms with van der Waals surface area (Å²) in [6.07, 6.45) is -3.99. The highest BCUT2D eigenvalue weighted by Crippen LogP contribution is 2.52. The standard InChI is InChI=1S/C6H8F3NO/c1-10(4-11)5(2-3-5)6(7,8)9/h4H,2-3H2,1H3. The summed E-state index contributed by atoms with van der Waals surface area (Å²) in [6, 6.07) is 0. The van der Waals surface area contributed by atoms with Crippen LogP contribution in [0.5, 0.6) is 0 Å². The fourth-order valence-corrected chi connectivity index (χ4v) is 1.06. The van der Waals surface area contributed by atoms with Crippen molar-refractivity contribution in [1.82, 2.24) is 4.90 Å². The van der Waals surface area contributed by atoms with Gasteiger partial charge in [0.2, 0.25) is 6.41 Å². The second-order valence-electron chi connectivity index (χ2n) is 2.75. The van der Waals surface area contributed by atoms with Gasteiger partial charge >= 0.3 is 6.18 Å². The Morgan fingerprint density at radius 3 is 2.00 bits per heavy atom. The van der Waals surface area contributed by atoms with E-state index in [1.54, 1.807) is 0 Å². The molecule has 0 aromatic heterocycles. The zero-order chi connectivity index (χ0) is 8.70. The van der Waals surface area contributed by atoms with E-state index in [9.17, 15) is 18.0 Å². The van der Waals surface area contributed by atoms with E-state index in [-0.39, 0.29) is 19.3 Å². The van der Waals surface area contributed by atoms with Gasteiger partial charge in [0.1, 0.15) is 5.54 Å². The number of carbonyl (C=O) groups excluding carboxylic acids is 1. The van der Waals surface area contributed by atoms with E-state index in [4.69, 9.17) is 0 Å². The van der Waals surface area contributed by atoms with Crippen LogP contribution in [0.4, 0.5) is 13.2 Å². The van der Waals surface area contributed by atoms with Gasteiger partial charge in [0.15, 0.2) is 0 Å². The molecule has 0 aromatic carbocycles. The first-order valence-electron chi connectivity index (χ1n) is 3.19. The van der Waals surface area contributed by atoms with Crippen LogP contribution in [0.15, 0.2) is 0 Å². The van der Waals surface area contributed by atoms with Crippen LogP contribution in [-0.2, 0) is 4.79 Å². The van der Waals surface area contributed by atoms with E-state index in [1.807, 2.05) is 0 Å². The molecule has 0 radical (unpaired) electrons. The van der Waals surface area contributed by atoms with Crippen LogP contribution in [0.1, 0.15) is 12.8 Å². The molecule has 0 aliphatic heterocycles. The first-order chi connectivity index (χ1) is 4.94. The predicted octanol–water partition coefficient (Wildman–Crippen LogP) is 1.17. The van der Waals surface area contributed by atoms with E-state index in [1.165, 1.54) is 0 Å². The third kappa shape index (κ3) is 1.08. The van der Waals surface area contributed by atoms with Crippen LogP contribution in [0, 0.1) is 0 Å². The Kier molecular flexibility index (Phi) is 1.61. The number of hydrogen-bond donors (Lipinski definition) is 0. The lowest BCUT2D eigenvalue weighted by atomic mass is 10.2. The maximum atomic E-state index is 12.1. The lowest BCUT2D eigenvalue weighted by Crippen LogP contribution is -2.45. The van der Waals surface area contributed by atoms with Crippen LogP contribution in [0.25, 0.3) is 0 Å². The zero-order valence-corrected chi connectivity index (χ0v) is 5.98. The fraction of sp³-hybridized carbons (Fsp3) is 0.833. The minimum Gasteiger partial charge on any atom is -0.334 e. The zero-order valence-electron chi connectivity index (χ0n) is 5.98. The van der Waals surface area contributed by atoms with Gasteiger partial charge in [-0.2, -0.15) is 13.2 Å². The van der Waals surface area contributed by atoms with Gasteiger partial charge in [-0.05, 0) is 12.8 Å². The van der Waals surface area contributed by atoms with Gasteiger partial charge in [-0.1, -0.05) is 0 Å². The summed E-state index contributed by atoms with van der Waals surface area (Å²) < 4.78 is 36.4. The third-order valence-corrected chi connectivity index (χ3v) is 2.08. The molecular formula is C6H8F3NO. The monoisotopic (exact) mass is 167 g/mol. The SMILES string of the molecule is CN(C=O)C1(C(F)(F)F)CC1. The van der Waals surface area contributed by atoms with Crippen molar-refractivity contribution in [2.24, 2.45) is 0 Å². The van der Waals surface area contributed by atoms with E-state index in [2.05, 4.69) is 0 Å². The van der Waals surface area contributed by atoms with Crippen molar-refractivity contribution in [1.29, 1.82) is 0 Å². The lowest BCUT2D eigenvalue weighted by Gasteiger charge is -2.26. The minimum atomic E-state index is -4.28. The van der Waals surface area contributed by atoms with E-state index >= 15 is 0 Å². The average Bonchev–Trinajstić information content (AvgIpc) is 2.63. The molecule has 1 rings (SSSR count). The molecule has 1 aliphatic carbocycles. The quantitative estimate of drug-likeness (QED) is 0.565. The number of alkyl halides is 3. The molecule has 0 saturated heterocycles. The summed E-state index contributed by atoms with van der Waals surface area (Å²) >= 11 is 0. The van der Waals surface area contributed by atoms with Crippen molar-refractivity contribution < 1.29 is 18.0 Å². The summed E-state index contributed by atoms with van der Waals surface area (Å²) in [6.45, 7) is 0. The maximum absolute atomic E-state index is 12.1. The molecule has 0 bridgehead atoms. The Bertz CT molecular complexity index is 173. The highest BCUT2D eigenvalue weighted by Gasteiger charge is 2.65. The first kappa shape index (κ1) is 8.36. The predicted molar refractivity (Wildman–Crippen MR) is 31.8 cm³/mol. The highest BCUT2D eigenvalue weighted by molar-refractivity contribution is 5.50. The smallest absolute Gasteiger partial charge is 0.334 e. The van der Waals surface area contributed by atoms with Crippen LogP contribution in [0.3, 0.4) is 0 Å². The summed E-state index contributed by atoms with van der Waals surface area (Å²) in [7, 11) is 1.16. The van der Waals surface area contributed by atoms with Gasteiger partial charge in [-0.15, -0.1) is 0 Å². The molecule has 64 valence electrons. The van der Waals surface area contributed by atoms with Gasteiger partial charge in [-0.3, -0.25) is 4.79 Å². The molecule has 0 heterocycles. The minimum absolute atomic E-state index is 0.0335. The maximum Gasteiger partial charge on any atom is 0.411 e. The average molecular weight is 167 g/mol. The Labute approximate surface area is 62.0 Å². The number of amides is 1. The molecule has 1 amide bonds. The Morgan fingerprint density at radius 2 is 1.91 bits per heavy atom. The molecule has 0 spiro atoms. The van der Waals surface area contributed by atoms with E-state index in [0.29, 0.717) is 4.90 Å². The second kappa shape index (κ2) is 2.12. The normalized spacial score (nSPS) is 21.1. The molecule has 0 aromatic rings. The van der Waals surface area contributed by atoms with Gasteiger partial charge in [0.05, 0.1) is 0 Å². The Morgan fingerprint density at radius 1 is 1.45 bits per heavy atom. The van der Waals surface area contributed by atoms with Crippen LogP contribution in [-0.4, -0.2) is 30.1 Å². The summed E-state index contributed by atoms with van der Waals surface area (Å²) in [5, 5.41) is 0. The van der Waals surface area contributed by atoms with Crippen molar-refractivity contribution in [3.05, 3.63) is 0 Å². The van der Waals surface area contributed by atoms with Gasteiger partial charge in [-0.25, -0.2) is 0 Å². The van der Waals surface area contributed by atoms with Crippen LogP contribution >= 0.6 is 0 Å². The van der Waals surface area contributed by atoms with Crippen molar-refractivity contribution in [2.45, 2.75) is 24.6 Å². The molecule has 5 heteroatoms. The highest BCUT2D eigenvalue weighted by atomic mass is 19.4. The molecule has 1 aliphatic rings. The second-order valence-corrected chi connectivity index (χ2v) is 2.75. The molecule has 0 atom stereocenters. The van der Waals surface area contributed by atoms with Crippen molar-refractivity contribution in [2.75, 3.05) is 7.05 Å². The van der Waals surface area contributed by atoms with Crippen molar-refractivity contribution >= 4 is 6.41 Å². The molecule has 0 unspecified atom stereocenters. The van der Waals surface area contributed by atoms with Crippen molar-refractivity contribution in [3.63, 3.8) is 0 Å².